The van der Waals surface area contributed by atoms with E-state index in [9.17, 15) is 18.4 Å². The zero-order chi connectivity index (χ0) is 18.9. The summed E-state index contributed by atoms with van der Waals surface area (Å²) < 4.78 is 30.8. The van der Waals surface area contributed by atoms with Gasteiger partial charge in [-0.25, -0.2) is 19.0 Å². The molecule has 0 bridgehead atoms. The number of amides is 2. The summed E-state index contributed by atoms with van der Waals surface area (Å²) in [6, 6.07) is 9.66. The molecule has 8 heteroatoms. The molecule has 0 spiro atoms. The Hall–Kier alpha value is -2.93. The second-order valence-corrected chi connectivity index (χ2v) is 5.54. The fraction of sp³-hybridized carbons (Fsp3) is 0.111. The standard InChI is InChI=1S/C18H15ClF2N2O3/c19-16-11-15(21)6-4-13(16)5-7-17(24)22-23-18(25)26-9-8-12-2-1-3-14(20)10-12/h1-7,10-11H,8-9H2,(H,22,24)(H,23,25). The lowest BCUT2D eigenvalue weighted by Gasteiger charge is -2.07. The van der Waals surface area contributed by atoms with Crippen molar-refractivity contribution in [3.8, 4) is 0 Å². The van der Waals surface area contributed by atoms with Crippen molar-refractivity contribution >= 4 is 29.7 Å². The van der Waals surface area contributed by atoms with Crippen LogP contribution >= 0.6 is 11.6 Å². The molecule has 2 amide bonds. The van der Waals surface area contributed by atoms with Crippen LogP contribution in [0.3, 0.4) is 0 Å². The Labute approximate surface area is 153 Å². The molecule has 2 rings (SSSR count). The number of hydrogen-bond acceptors (Lipinski definition) is 3. The van der Waals surface area contributed by atoms with Crippen LogP contribution in [0.1, 0.15) is 11.1 Å². The van der Waals surface area contributed by atoms with Gasteiger partial charge in [0.1, 0.15) is 11.6 Å². The van der Waals surface area contributed by atoms with E-state index in [1.54, 1.807) is 12.1 Å². The molecule has 5 nitrogen and oxygen atoms in total. The Morgan fingerprint density at radius 1 is 1.08 bits per heavy atom. The summed E-state index contributed by atoms with van der Waals surface area (Å²) in [6.07, 6.45) is 1.96. The lowest BCUT2D eigenvalue weighted by atomic mass is 10.2. The minimum absolute atomic E-state index is 0.0200. The minimum Gasteiger partial charge on any atom is -0.448 e. The third kappa shape index (κ3) is 6.52. The van der Waals surface area contributed by atoms with Gasteiger partial charge in [-0.2, -0.15) is 0 Å². The van der Waals surface area contributed by atoms with E-state index in [2.05, 4.69) is 10.9 Å². The first-order valence-corrected chi connectivity index (χ1v) is 7.92. The van der Waals surface area contributed by atoms with Gasteiger partial charge >= 0.3 is 6.09 Å². The van der Waals surface area contributed by atoms with Crippen LogP contribution in [0.15, 0.2) is 48.5 Å². The lowest BCUT2D eigenvalue weighted by molar-refractivity contribution is -0.117. The molecule has 2 aromatic rings. The van der Waals surface area contributed by atoms with E-state index in [1.807, 2.05) is 0 Å². The van der Waals surface area contributed by atoms with Gasteiger partial charge in [0.25, 0.3) is 5.91 Å². The summed E-state index contributed by atoms with van der Waals surface area (Å²) in [6.45, 7) is 0.0200. The first kappa shape index (κ1) is 19.4. The van der Waals surface area contributed by atoms with Gasteiger partial charge in [0.15, 0.2) is 0 Å². The van der Waals surface area contributed by atoms with Crippen LogP contribution in [-0.4, -0.2) is 18.6 Å². The predicted octanol–water partition coefficient (Wildman–Crippen LogP) is 3.63. The molecule has 0 aliphatic carbocycles. The highest BCUT2D eigenvalue weighted by Crippen LogP contribution is 2.18. The van der Waals surface area contributed by atoms with E-state index in [0.717, 1.165) is 12.1 Å². The van der Waals surface area contributed by atoms with Crippen LogP contribution in [0, 0.1) is 11.6 Å². The Kier molecular flexibility index (Phi) is 7.11. The van der Waals surface area contributed by atoms with Crippen LogP contribution in [0.25, 0.3) is 6.08 Å². The highest BCUT2D eigenvalue weighted by Gasteiger charge is 2.04. The first-order valence-electron chi connectivity index (χ1n) is 7.54. The molecule has 0 fully saturated rings. The van der Waals surface area contributed by atoms with Crippen molar-refractivity contribution in [2.45, 2.75) is 6.42 Å². The largest absolute Gasteiger partial charge is 0.448 e. The molecule has 136 valence electrons. The minimum atomic E-state index is -0.858. The molecule has 0 unspecified atom stereocenters. The van der Waals surface area contributed by atoms with Crippen molar-refractivity contribution in [1.29, 1.82) is 0 Å². The fourth-order valence-corrected chi connectivity index (χ4v) is 2.18. The summed E-state index contributed by atoms with van der Waals surface area (Å²) in [5.74, 6) is -1.49. The average Bonchev–Trinajstić information content (AvgIpc) is 2.59. The second kappa shape index (κ2) is 9.53. The van der Waals surface area contributed by atoms with Gasteiger partial charge in [-0.15, -0.1) is 0 Å². The van der Waals surface area contributed by atoms with Crippen molar-refractivity contribution < 1.29 is 23.1 Å². The summed E-state index contributed by atoms with van der Waals surface area (Å²) in [4.78, 5) is 23.1. The number of hydrogen-bond donors (Lipinski definition) is 2. The Morgan fingerprint density at radius 3 is 2.58 bits per heavy atom. The molecule has 0 aliphatic rings. The molecule has 2 aromatic carbocycles. The number of carbonyl (C=O) groups excluding carboxylic acids is 2. The maximum Gasteiger partial charge on any atom is 0.426 e. The molecule has 0 saturated heterocycles. The molecule has 0 aromatic heterocycles. The smallest absolute Gasteiger partial charge is 0.426 e. The SMILES string of the molecule is O=C(C=Cc1ccc(F)cc1Cl)NNC(=O)OCCc1cccc(F)c1. The van der Waals surface area contributed by atoms with E-state index >= 15 is 0 Å². The lowest BCUT2D eigenvalue weighted by Crippen LogP contribution is -2.41. The third-order valence-electron chi connectivity index (χ3n) is 3.18. The number of carbonyl (C=O) groups is 2. The molecule has 26 heavy (non-hydrogen) atoms. The van der Waals surface area contributed by atoms with Gasteiger partial charge in [0.2, 0.25) is 0 Å². The molecule has 0 atom stereocenters. The van der Waals surface area contributed by atoms with Crippen molar-refractivity contribution in [3.05, 3.63) is 76.3 Å². The van der Waals surface area contributed by atoms with Crippen LogP contribution in [0.4, 0.5) is 13.6 Å². The normalized spacial score (nSPS) is 10.6. The fourth-order valence-electron chi connectivity index (χ4n) is 1.95. The zero-order valence-electron chi connectivity index (χ0n) is 13.5. The van der Waals surface area contributed by atoms with E-state index in [4.69, 9.17) is 16.3 Å². The Morgan fingerprint density at radius 2 is 1.85 bits per heavy atom. The Bertz CT molecular complexity index is 828. The number of nitrogens with one attached hydrogen (secondary N) is 2. The van der Waals surface area contributed by atoms with Gasteiger partial charge in [0, 0.05) is 12.5 Å². The van der Waals surface area contributed by atoms with Gasteiger partial charge in [-0.05, 0) is 41.5 Å². The molecule has 0 heterocycles. The highest BCUT2D eigenvalue weighted by molar-refractivity contribution is 6.32. The number of hydrazine groups is 1. The summed E-state index contributed by atoms with van der Waals surface area (Å²) in [5.41, 5.74) is 5.30. The molecule has 0 saturated carbocycles. The summed E-state index contributed by atoms with van der Waals surface area (Å²) >= 11 is 5.82. The number of benzene rings is 2. The van der Waals surface area contributed by atoms with E-state index < -0.39 is 17.8 Å². The number of halogens is 3. The van der Waals surface area contributed by atoms with Gasteiger partial charge < -0.3 is 4.74 Å². The zero-order valence-corrected chi connectivity index (χ0v) is 14.2. The van der Waals surface area contributed by atoms with Crippen molar-refractivity contribution in [2.75, 3.05) is 6.61 Å². The monoisotopic (exact) mass is 380 g/mol. The van der Waals surface area contributed by atoms with Crippen LogP contribution < -0.4 is 10.9 Å². The maximum atomic E-state index is 13.0. The van der Waals surface area contributed by atoms with E-state index in [-0.39, 0.29) is 17.4 Å². The third-order valence-corrected chi connectivity index (χ3v) is 3.50. The predicted molar refractivity (Wildman–Crippen MR) is 93.2 cm³/mol. The van der Waals surface area contributed by atoms with Crippen LogP contribution in [0.2, 0.25) is 5.02 Å². The van der Waals surface area contributed by atoms with Crippen LogP contribution in [-0.2, 0) is 16.0 Å². The van der Waals surface area contributed by atoms with Gasteiger partial charge in [-0.3, -0.25) is 10.2 Å². The maximum absolute atomic E-state index is 13.0. The summed E-state index contributed by atoms with van der Waals surface area (Å²) in [5, 5.41) is 0.152. The Balaban J connectivity index is 1.71. The topological polar surface area (TPSA) is 67.4 Å². The van der Waals surface area contributed by atoms with Gasteiger partial charge in [0.05, 0.1) is 11.6 Å². The quantitative estimate of drug-likeness (QED) is 0.615. The molecule has 0 aliphatic heterocycles. The van der Waals surface area contributed by atoms with Crippen molar-refractivity contribution in [1.82, 2.24) is 10.9 Å². The second-order valence-electron chi connectivity index (χ2n) is 5.13. The van der Waals surface area contributed by atoms with Crippen LogP contribution in [0.5, 0.6) is 0 Å². The average molecular weight is 381 g/mol. The number of rotatable bonds is 5. The molecular formula is C18H15ClF2N2O3. The van der Waals surface area contributed by atoms with E-state index in [1.165, 1.54) is 30.3 Å². The first-order chi connectivity index (χ1) is 12.4. The van der Waals surface area contributed by atoms with Gasteiger partial charge in [-0.1, -0.05) is 29.8 Å². The van der Waals surface area contributed by atoms with E-state index in [0.29, 0.717) is 17.5 Å². The van der Waals surface area contributed by atoms with Crippen molar-refractivity contribution in [3.63, 3.8) is 0 Å². The molecule has 2 N–H and O–H groups in total. The molecular weight excluding hydrogens is 366 g/mol. The van der Waals surface area contributed by atoms with Crippen molar-refractivity contribution in [2.24, 2.45) is 0 Å². The summed E-state index contributed by atoms with van der Waals surface area (Å²) in [7, 11) is 0. The molecule has 0 radical (unpaired) electrons. The highest BCUT2D eigenvalue weighted by atomic mass is 35.5. The number of ether oxygens (including phenoxy) is 1.